The summed E-state index contributed by atoms with van der Waals surface area (Å²) in [5.41, 5.74) is 0. The quantitative estimate of drug-likeness (QED) is 0.157. The van der Waals surface area contributed by atoms with Crippen LogP contribution in [0.5, 0.6) is 0 Å². The van der Waals surface area contributed by atoms with Crippen molar-refractivity contribution in [2.75, 3.05) is 7.11 Å². The van der Waals surface area contributed by atoms with Gasteiger partial charge in [0.2, 0.25) is 0 Å². The summed E-state index contributed by atoms with van der Waals surface area (Å²) in [6, 6.07) is 32.3. The second-order valence-electron chi connectivity index (χ2n) is 6.69. The van der Waals surface area contributed by atoms with E-state index in [2.05, 4.69) is 115 Å². The lowest BCUT2D eigenvalue weighted by Crippen LogP contribution is -2.20. The first-order chi connectivity index (χ1) is 14.8. The zero-order valence-corrected chi connectivity index (χ0v) is 20.9. The lowest BCUT2D eigenvalue weighted by molar-refractivity contribution is -0.140. The van der Waals surface area contributed by atoms with Crippen molar-refractivity contribution < 1.29 is 9.53 Å². The summed E-state index contributed by atoms with van der Waals surface area (Å²) < 4.78 is 4.49. The molecule has 3 aromatic rings. The monoisotopic (exact) mass is 498 g/mol. The Labute approximate surface area is 198 Å². The maximum atomic E-state index is 10.6. The van der Waals surface area contributed by atoms with Crippen molar-refractivity contribution in [1.29, 1.82) is 0 Å². The number of rotatable bonds is 8. The van der Waals surface area contributed by atoms with Crippen LogP contribution in [-0.4, -0.2) is 13.1 Å². The highest BCUT2D eigenvalue weighted by atomic mass is 79.9. The molecule has 0 radical (unpaired) electrons. The number of hydrogen-bond donors (Lipinski definition) is 0. The molecule has 0 aliphatic carbocycles. The van der Waals surface area contributed by atoms with Gasteiger partial charge in [0, 0.05) is 6.42 Å². The van der Waals surface area contributed by atoms with Crippen molar-refractivity contribution >= 4 is 46.8 Å². The van der Waals surface area contributed by atoms with Gasteiger partial charge in [0.1, 0.15) is 0 Å². The Hall–Kier alpha value is -2.22. The zero-order chi connectivity index (χ0) is 21.4. The normalized spacial score (nSPS) is 10.2. The van der Waals surface area contributed by atoms with Crippen LogP contribution in [0, 0.1) is 0 Å². The van der Waals surface area contributed by atoms with Gasteiger partial charge >= 0.3 is 5.97 Å². The lowest BCUT2D eigenvalue weighted by atomic mass is 10.2. The average Bonchev–Trinajstić information content (AvgIpc) is 2.81. The minimum Gasteiger partial charge on any atom is -0.469 e. The topological polar surface area (TPSA) is 26.3 Å². The van der Waals surface area contributed by atoms with Gasteiger partial charge in [-0.25, -0.2) is 0 Å². The first-order valence-electron chi connectivity index (χ1n) is 10.4. The molecule has 0 saturated carbocycles. The maximum Gasteiger partial charge on any atom is 0.305 e. The Morgan fingerprint density at radius 1 is 0.774 bits per heavy atom. The molecule has 31 heavy (non-hydrogen) atoms. The summed E-state index contributed by atoms with van der Waals surface area (Å²) >= 11 is 0. The summed E-state index contributed by atoms with van der Waals surface area (Å²) in [5, 5.41) is 4.19. The summed E-state index contributed by atoms with van der Waals surface area (Å²) in [6.45, 7) is 2.09. The van der Waals surface area contributed by atoms with E-state index in [-0.39, 0.29) is 23.0 Å². The van der Waals surface area contributed by atoms with Gasteiger partial charge in [-0.3, -0.25) is 4.79 Å². The number of carbonyl (C=O) groups is 1. The van der Waals surface area contributed by atoms with Crippen molar-refractivity contribution in [3.05, 3.63) is 103 Å². The number of methoxy groups -OCH3 is 1. The Morgan fingerprint density at radius 2 is 1.19 bits per heavy atom. The summed E-state index contributed by atoms with van der Waals surface area (Å²) in [5.74, 6) is -0.116. The van der Waals surface area contributed by atoms with Crippen molar-refractivity contribution in [3.8, 4) is 0 Å². The summed E-state index contributed by atoms with van der Waals surface area (Å²) in [4.78, 5) is 10.6. The Bertz CT molecular complexity index is 774. The molecule has 0 aliphatic rings. The minimum atomic E-state index is -0.446. The van der Waals surface area contributed by atoms with E-state index in [1.807, 2.05) is 0 Å². The molecule has 2 nitrogen and oxygen atoms in total. The van der Waals surface area contributed by atoms with E-state index in [1.54, 1.807) is 0 Å². The number of hydrogen-bond acceptors (Lipinski definition) is 2. The molecule has 0 atom stereocenters. The summed E-state index contributed by atoms with van der Waals surface area (Å²) in [6.07, 6.45) is 7.68. The van der Waals surface area contributed by atoms with Gasteiger partial charge in [-0.15, -0.1) is 17.0 Å². The lowest BCUT2D eigenvalue weighted by Gasteiger charge is -2.18. The van der Waals surface area contributed by atoms with Crippen LogP contribution in [0.4, 0.5) is 0 Å². The van der Waals surface area contributed by atoms with Crippen molar-refractivity contribution in [2.24, 2.45) is 0 Å². The second kappa shape index (κ2) is 16.5. The van der Waals surface area contributed by atoms with Gasteiger partial charge in [0.05, 0.1) is 7.11 Å². The van der Waals surface area contributed by atoms with E-state index < -0.39 is 7.92 Å². The van der Waals surface area contributed by atoms with E-state index in [9.17, 15) is 4.79 Å². The standard InChI is InChI=1S/C18H15P.C9H16O2.BrH/c1-4-10-16(11-5-1)19(17-12-6-2-7-13-17)18-14-8-3-9-15-18;1-3-4-5-6-7-8-9(10)11-2;/h1-15H;4-5H,3,6-8H2,1-2H3;1H/b;5-4-;. The third-order valence-electron chi connectivity index (χ3n) is 4.42. The molecule has 0 unspecified atom stereocenters. The Kier molecular flexibility index (Phi) is 14.2. The zero-order valence-electron chi connectivity index (χ0n) is 18.3. The largest absolute Gasteiger partial charge is 0.469 e. The molecule has 0 bridgehead atoms. The predicted octanol–water partition coefficient (Wildman–Crippen LogP) is 6.32. The maximum absolute atomic E-state index is 10.6. The third-order valence-corrected chi connectivity index (χ3v) is 6.87. The van der Waals surface area contributed by atoms with Gasteiger partial charge in [0.25, 0.3) is 0 Å². The van der Waals surface area contributed by atoms with Crippen molar-refractivity contribution in [1.82, 2.24) is 0 Å². The highest BCUT2D eigenvalue weighted by Gasteiger charge is 2.14. The molecule has 0 N–H and O–H groups in total. The van der Waals surface area contributed by atoms with Gasteiger partial charge < -0.3 is 4.74 Å². The van der Waals surface area contributed by atoms with Crippen LogP contribution >= 0.6 is 24.9 Å². The van der Waals surface area contributed by atoms with Gasteiger partial charge in [-0.1, -0.05) is 110 Å². The van der Waals surface area contributed by atoms with Crippen molar-refractivity contribution in [2.45, 2.75) is 32.6 Å². The Morgan fingerprint density at radius 3 is 1.55 bits per heavy atom. The molecular weight excluding hydrogens is 467 g/mol. The van der Waals surface area contributed by atoms with Crippen LogP contribution in [0.15, 0.2) is 103 Å². The van der Waals surface area contributed by atoms with Gasteiger partial charge in [-0.05, 0) is 43.1 Å². The molecule has 0 saturated heterocycles. The third kappa shape index (κ3) is 10.1. The van der Waals surface area contributed by atoms with Gasteiger partial charge in [-0.2, -0.15) is 0 Å². The molecule has 0 heterocycles. The minimum absolute atomic E-state index is 0. The number of allylic oxidation sites excluding steroid dienone is 2. The number of halogens is 1. The fourth-order valence-electron chi connectivity index (χ4n) is 2.93. The molecule has 0 spiro atoms. The van der Waals surface area contributed by atoms with E-state index in [1.165, 1.54) is 23.0 Å². The number of benzene rings is 3. The number of esters is 1. The molecule has 0 aromatic heterocycles. The van der Waals surface area contributed by atoms with Crippen LogP contribution in [0.1, 0.15) is 32.6 Å². The smallest absolute Gasteiger partial charge is 0.305 e. The SMILES string of the molecule is Br.CC/C=C\CCCC(=O)OC.c1ccc(P(c2ccccc2)c2ccccc2)cc1. The van der Waals surface area contributed by atoms with Crippen LogP contribution in [0.3, 0.4) is 0 Å². The molecule has 0 amide bonds. The van der Waals surface area contributed by atoms with E-state index in [4.69, 9.17) is 0 Å². The molecule has 164 valence electrons. The Balaban J connectivity index is 0.000000349. The van der Waals surface area contributed by atoms with Crippen LogP contribution in [0.2, 0.25) is 0 Å². The van der Waals surface area contributed by atoms with Crippen LogP contribution in [0.25, 0.3) is 0 Å². The molecule has 3 aromatic carbocycles. The van der Waals surface area contributed by atoms with E-state index in [0.29, 0.717) is 6.42 Å². The van der Waals surface area contributed by atoms with Crippen LogP contribution in [-0.2, 0) is 9.53 Å². The predicted molar refractivity (Wildman–Crippen MR) is 141 cm³/mol. The first-order valence-corrected chi connectivity index (χ1v) is 11.8. The second-order valence-corrected chi connectivity index (χ2v) is 8.91. The van der Waals surface area contributed by atoms with Gasteiger partial charge in [0.15, 0.2) is 0 Å². The number of ether oxygens (including phenoxy) is 1. The van der Waals surface area contributed by atoms with E-state index in [0.717, 1.165) is 19.3 Å². The van der Waals surface area contributed by atoms with Crippen molar-refractivity contribution in [3.63, 3.8) is 0 Å². The number of carbonyl (C=O) groups excluding carboxylic acids is 1. The molecule has 0 aliphatic heterocycles. The highest BCUT2D eigenvalue weighted by molar-refractivity contribution is 8.93. The highest BCUT2D eigenvalue weighted by Crippen LogP contribution is 2.32. The fourth-order valence-corrected chi connectivity index (χ4v) is 5.23. The molecule has 3 rings (SSSR count). The fraction of sp³-hybridized carbons (Fsp3) is 0.222. The number of unbranched alkanes of at least 4 members (excludes halogenated alkanes) is 1. The van der Waals surface area contributed by atoms with E-state index >= 15 is 0 Å². The average molecular weight is 499 g/mol. The molecule has 0 fully saturated rings. The summed E-state index contributed by atoms with van der Waals surface area (Å²) in [7, 11) is 0.975. The van der Waals surface area contributed by atoms with Crippen LogP contribution < -0.4 is 15.9 Å². The molecular formula is C27H32BrO2P. The molecule has 4 heteroatoms. The first kappa shape index (κ1) is 26.8.